The number of pyridine rings is 1. The molecule has 3 heterocycles. The molecular formula is C24H25N5O6. The molecule has 0 bridgehead atoms. The normalized spacial score (nSPS) is 10.9. The van der Waals surface area contributed by atoms with Crippen molar-refractivity contribution >= 4 is 0 Å². The van der Waals surface area contributed by atoms with Gasteiger partial charge in [-0.05, 0) is 24.6 Å². The van der Waals surface area contributed by atoms with Crippen LogP contribution in [0.4, 0.5) is 0 Å². The smallest absolute Gasteiger partial charge is 0.289 e. The second-order valence-electron chi connectivity index (χ2n) is 7.65. The summed E-state index contributed by atoms with van der Waals surface area (Å²) in [5.41, 5.74) is -0.851. The van der Waals surface area contributed by atoms with Crippen LogP contribution in [0.5, 0.6) is 17.4 Å². The minimum atomic E-state index is -0.717. The van der Waals surface area contributed by atoms with Crippen LogP contribution in [0.15, 0.2) is 56.6 Å². The first-order chi connectivity index (χ1) is 17.0. The molecule has 0 spiro atoms. The van der Waals surface area contributed by atoms with E-state index in [0.29, 0.717) is 29.4 Å². The molecular weight excluding hydrogens is 454 g/mol. The standard InChI is InChI=1S/C24H25N5O6/c1-4-5-11-17-25-22(31)20(23-27-26-18(35-23)14-28-13-7-6-12-19(28)30)24(32)29(17)21-15(33-2)9-8-10-16(21)34-3/h6-10,12-13,32H,4-5,11,14H2,1-3H3. The van der Waals surface area contributed by atoms with Crippen LogP contribution in [0.25, 0.3) is 17.1 Å². The fraction of sp³-hybridized carbons (Fsp3) is 0.292. The first kappa shape index (κ1) is 23.7. The minimum Gasteiger partial charge on any atom is -0.494 e. The van der Waals surface area contributed by atoms with Crippen LogP contribution in [0.2, 0.25) is 0 Å². The van der Waals surface area contributed by atoms with Crippen LogP contribution in [0.3, 0.4) is 0 Å². The van der Waals surface area contributed by atoms with Gasteiger partial charge < -0.3 is 23.6 Å². The number of hydrogen-bond acceptors (Lipinski definition) is 9. The molecule has 3 aromatic heterocycles. The third-order valence-corrected chi connectivity index (χ3v) is 5.40. The number of para-hydroxylation sites is 1. The van der Waals surface area contributed by atoms with Gasteiger partial charge in [-0.25, -0.2) is 0 Å². The van der Waals surface area contributed by atoms with Gasteiger partial charge in [0.2, 0.25) is 11.8 Å². The van der Waals surface area contributed by atoms with Crippen LogP contribution in [-0.2, 0) is 13.0 Å². The number of ether oxygens (including phenoxy) is 2. The van der Waals surface area contributed by atoms with Gasteiger partial charge in [0.25, 0.3) is 17.0 Å². The lowest BCUT2D eigenvalue weighted by atomic mass is 10.2. The molecule has 0 atom stereocenters. The number of aryl methyl sites for hydroxylation is 1. The monoisotopic (exact) mass is 479 g/mol. The van der Waals surface area contributed by atoms with Crippen molar-refractivity contribution in [2.75, 3.05) is 14.2 Å². The third kappa shape index (κ3) is 4.65. The highest BCUT2D eigenvalue weighted by Crippen LogP contribution is 2.38. The summed E-state index contributed by atoms with van der Waals surface area (Å²) in [5, 5.41) is 19.2. The van der Waals surface area contributed by atoms with Gasteiger partial charge in [0.15, 0.2) is 5.56 Å². The maximum atomic E-state index is 13.0. The number of benzene rings is 1. The molecule has 0 unspecified atom stereocenters. The van der Waals surface area contributed by atoms with E-state index in [4.69, 9.17) is 13.9 Å². The molecule has 4 aromatic rings. The topological polar surface area (TPSA) is 135 Å². The molecule has 11 nitrogen and oxygen atoms in total. The molecule has 0 saturated heterocycles. The molecule has 0 aliphatic rings. The summed E-state index contributed by atoms with van der Waals surface area (Å²) in [7, 11) is 2.99. The van der Waals surface area contributed by atoms with E-state index < -0.39 is 11.4 Å². The average molecular weight is 479 g/mol. The van der Waals surface area contributed by atoms with E-state index in [1.54, 1.807) is 36.5 Å². The number of aromatic nitrogens is 5. The number of aromatic hydroxyl groups is 1. The summed E-state index contributed by atoms with van der Waals surface area (Å²) in [6.07, 6.45) is 3.59. The van der Waals surface area contributed by atoms with E-state index >= 15 is 0 Å². The highest BCUT2D eigenvalue weighted by Gasteiger charge is 2.26. The quantitative estimate of drug-likeness (QED) is 0.384. The van der Waals surface area contributed by atoms with Gasteiger partial charge in [-0.3, -0.25) is 14.2 Å². The zero-order chi connectivity index (χ0) is 24.9. The van der Waals surface area contributed by atoms with Crippen LogP contribution >= 0.6 is 0 Å². The fourth-order valence-electron chi connectivity index (χ4n) is 3.69. The molecule has 0 saturated carbocycles. The van der Waals surface area contributed by atoms with Gasteiger partial charge in [-0.2, -0.15) is 4.98 Å². The summed E-state index contributed by atoms with van der Waals surface area (Å²) in [6.45, 7) is 2.02. The molecule has 182 valence electrons. The van der Waals surface area contributed by atoms with Crippen molar-refractivity contribution < 1.29 is 19.0 Å². The van der Waals surface area contributed by atoms with E-state index in [0.717, 1.165) is 12.8 Å². The number of nitrogens with zero attached hydrogens (tertiary/aromatic N) is 5. The molecule has 11 heteroatoms. The molecule has 0 aliphatic carbocycles. The Morgan fingerprint density at radius 3 is 2.43 bits per heavy atom. The van der Waals surface area contributed by atoms with E-state index in [1.807, 2.05) is 6.92 Å². The molecule has 1 N–H and O–H groups in total. The van der Waals surface area contributed by atoms with Gasteiger partial charge in [-0.15, -0.1) is 10.2 Å². The van der Waals surface area contributed by atoms with Crippen molar-refractivity contribution in [2.45, 2.75) is 32.7 Å². The lowest BCUT2D eigenvalue weighted by molar-refractivity contribution is 0.379. The molecule has 0 radical (unpaired) electrons. The van der Waals surface area contributed by atoms with E-state index in [2.05, 4.69) is 15.2 Å². The highest BCUT2D eigenvalue weighted by molar-refractivity contribution is 5.65. The number of unbranched alkanes of at least 4 members (excludes halogenated alkanes) is 1. The Labute approximate surface area is 200 Å². The second-order valence-corrected chi connectivity index (χ2v) is 7.65. The van der Waals surface area contributed by atoms with Crippen molar-refractivity contribution in [2.24, 2.45) is 0 Å². The largest absolute Gasteiger partial charge is 0.494 e. The van der Waals surface area contributed by atoms with Gasteiger partial charge in [0, 0.05) is 18.7 Å². The molecule has 35 heavy (non-hydrogen) atoms. The predicted molar refractivity (Wildman–Crippen MR) is 126 cm³/mol. The van der Waals surface area contributed by atoms with Crippen LogP contribution in [-0.4, -0.2) is 43.6 Å². The van der Waals surface area contributed by atoms with Crippen LogP contribution in [0, 0.1) is 0 Å². The summed E-state index contributed by atoms with van der Waals surface area (Å²) in [5.74, 6) is 0.571. The van der Waals surface area contributed by atoms with E-state index in [1.165, 1.54) is 29.4 Å². The number of hydrogen-bond donors (Lipinski definition) is 1. The third-order valence-electron chi connectivity index (χ3n) is 5.40. The van der Waals surface area contributed by atoms with Gasteiger partial charge >= 0.3 is 0 Å². The van der Waals surface area contributed by atoms with Crippen LogP contribution in [0.1, 0.15) is 31.5 Å². The lowest BCUT2D eigenvalue weighted by Gasteiger charge is -2.20. The summed E-state index contributed by atoms with van der Waals surface area (Å²) < 4.78 is 19.5. The van der Waals surface area contributed by atoms with Crippen LogP contribution < -0.4 is 20.6 Å². The molecule has 0 aliphatic heterocycles. The Morgan fingerprint density at radius 2 is 1.77 bits per heavy atom. The summed E-state index contributed by atoms with van der Waals surface area (Å²) in [6, 6.07) is 9.89. The predicted octanol–water partition coefficient (Wildman–Crippen LogP) is 2.56. The van der Waals surface area contributed by atoms with Crippen molar-refractivity contribution in [3.8, 4) is 34.5 Å². The van der Waals surface area contributed by atoms with Crippen molar-refractivity contribution in [1.29, 1.82) is 0 Å². The molecule has 4 rings (SSSR count). The molecule has 0 amide bonds. The maximum Gasteiger partial charge on any atom is 0.289 e. The first-order valence-electron chi connectivity index (χ1n) is 11.0. The SMILES string of the molecule is CCCCc1nc(=O)c(-c2nnc(Cn3ccccc3=O)o2)c(O)n1-c1c(OC)cccc1OC. The van der Waals surface area contributed by atoms with Crippen molar-refractivity contribution in [3.63, 3.8) is 0 Å². The minimum absolute atomic E-state index is 0.00394. The fourth-order valence-corrected chi connectivity index (χ4v) is 3.69. The highest BCUT2D eigenvalue weighted by atomic mass is 16.5. The Morgan fingerprint density at radius 1 is 1.03 bits per heavy atom. The summed E-state index contributed by atoms with van der Waals surface area (Å²) >= 11 is 0. The number of methoxy groups -OCH3 is 2. The van der Waals surface area contributed by atoms with E-state index in [-0.39, 0.29) is 29.4 Å². The zero-order valence-corrected chi connectivity index (χ0v) is 19.6. The second kappa shape index (κ2) is 10.2. The Kier molecular flexibility index (Phi) is 6.95. The zero-order valence-electron chi connectivity index (χ0n) is 19.6. The Hall–Kier alpha value is -4.41. The first-order valence-corrected chi connectivity index (χ1v) is 11.0. The maximum absolute atomic E-state index is 13.0. The summed E-state index contributed by atoms with van der Waals surface area (Å²) in [4.78, 5) is 29.2. The molecule has 0 fully saturated rings. The lowest BCUT2D eigenvalue weighted by Crippen LogP contribution is -2.20. The van der Waals surface area contributed by atoms with Crippen molar-refractivity contribution in [3.05, 3.63) is 75.0 Å². The Bertz CT molecular complexity index is 1430. The van der Waals surface area contributed by atoms with Gasteiger partial charge in [0.1, 0.15) is 29.6 Å². The number of rotatable bonds is 9. The van der Waals surface area contributed by atoms with E-state index in [9.17, 15) is 14.7 Å². The Balaban J connectivity index is 1.89. The molecule has 1 aromatic carbocycles. The average Bonchev–Trinajstić information content (AvgIpc) is 3.31. The van der Waals surface area contributed by atoms with Crippen molar-refractivity contribution in [1.82, 2.24) is 24.3 Å². The van der Waals surface area contributed by atoms with Gasteiger partial charge in [0.05, 0.1) is 14.2 Å². The van der Waals surface area contributed by atoms with Gasteiger partial charge in [-0.1, -0.05) is 25.5 Å².